The van der Waals surface area contributed by atoms with Gasteiger partial charge in [-0.2, -0.15) is 0 Å². The lowest BCUT2D eigenvalue weighted by Crippen LogP contribution is -2.58. The van der Waals surface area contributed by atoms with E-state index in [1.165, 1.54) is 9.80 Å². The van der Waals surface area contributed by atoms with E-state index in [9.17, 15) is 9.59 Å². The molecule has 7 nitrogen and oxygen atoms in total. The molecule has 0 aliphatic carbocycles. The second kappa shape index (κ2) is 7.22. The van der Waals surface area contributed by atoms with Crippen molar-refractivity contribution in [3.63, 3.8) is 0 Å². The van der Waals surface area contributed by atoms with Crippen molar-refractivity contribution in [3.8, 4) is 5.75 Å². The molecule has 1 aliphatic rings. The van der Waals surface area contributed by atoms with Gasteiger partial charge in [-0.05, 0) is 19.1 Å². The number of pyridine rings is 1. The molecule has 0 N–H and O–H groups in total. The lowest BCUT2D eigenvalue weighted by molar-refractivity contribution is -0.156. The van der Waals surface area contributed by atoms with Crippen molar-refractivity contribution in [2.75, 3.05) is 33.9 Å². The number of amides is 2. The zero-order valence-electron chi connectivity index (χ0n) is 13.1. The van der Waals surface area contributed by atoms with Crippen LogP contribution in [0.15, 0.2) is 18.3 Å². The van der Waals surface area contributed by atoms with Gasteiger partial charge in [-0.3, -0.25) is 14.6 Å². The summed E-state index contributed by atoms with van der Waals surface area (Å²) in [6, 6.07) is 3.03. The topological polar surface area (TPSA) is 72.0 Å². The predicted molar refractivity (Wildman–Crippen MR) is 79.3 cm³/mol. The number of nitrogens with zero attached hydrogens (tertiary/aromatic N) is 3. The molecular formula is C15H21N3O4. The average Bonchev–Trinajstić information content (AvgIpc) is 2.54. The first kappa shape index (κ1) is 16.2. The minimum atomic E-state index is -0.523. The summed E-state index contributed by atoms with van der Waals surface area (Å²) in [5.41, 5.74) is 0.642. The standard InChI is InChI=1S/C15H21N3O4/c1-11-15(20)17(7-8-21-2)10-14(19)18(11)9-12-13(22-3)5-4-6-16-12/h4-6,11H,7-10H2,1-3H3/t11-/m0/s1. The smallest absolute Gasteiger partial charge is 0.245 e. The van der Waals surface area contributed by atoms with Crippen molar-refractivity contribution in [1.82, 2.24) is 14.8 Å². The van der Waals surface area contributed by atoms with E-state index in [1.807, 2.05) is 0 Å². The third-order valence-corrected chi connectivity index (χ3v) is 3.74. The summed E-state index contributed by atoms with van der Waals surface area (Å²) in [6.45, 7) is 2.90. The molecule has 7 heteroatoms. The zero-order chi connectivity index (χ0) is 16.1. The Labute approximate surface area is 129 Å². The highest BCUT2D eigenvalue weighted by Gasteiger charge is 2.36. The fourth-order valence-corrected chi connectivity index (χ4v) is 2.45. The summed E-state index contributed by atoms with van der Waals surface area (Å²) < 4.78 is 10.2. The molecule has 1 aromatic heterocycles. The number of hydrogen-bond donors (Lipinski definition) is 0. The van der Waals surface area contributed by atoms with E-state index < -0.39 is 6.04 Å². The minimum absolute atomic E-state index is 0.0711. The lowest BCUT2D eigenvalue weighted by atomic mass is 10.1. The van der Waals surface area contributed by atoms with Crippen molar-refractivity contribution in [2.24, 2.45) is 0 Å². The summed E-state index contributed by atoms with van der Waals surface area (Å²) in [5.74, 6) is 0.430. The van der Waals surface area contributed by atoms with E-state index in [-0.39, 0.29) is 24.9 Å². The Morgan fingerprint density at radius 2 is 2.14 bits per heavy atom. The Hall–Kier alpha value is -2.15. The first-order chi connectivity index (χ1) is 10.6. The van der Waals surface area contributed by atoms with Gasteiger partial charge in [0.2, 0.25) is 11.8 Å². The maximum Gasteiger partial charge on any atom is 0.245 e. The summed E-state index contributed by atoms with van der Waals surface area (Å²) in [5, 5.41) is 0. The first-order valence-corrected chi connectivity index (χ1v) is 7.13. The Bertz CT molecular complexity index is 549. The summed E-state index contributed by atoms with van der Waals surface area (Å²) in [4.78, 5) is 32.0. The van der Waals surface area contributed by atoms with E-state index in [1.54, 1.807) is 39.5 Å². The van der Waals surface area contributed by atoms with Crippen LogP contribution in [0, 0.1) is 0 Å². The molecule has 1 fully saturated rings. The molecule has 22 heavy (non-hydrogen) atoms. The summed E-state index contributed by atoms with van der Waals surface area (Å²) >= 11 is 0. The molecule has 1 aromatic rings. The molecule has 0 saturated carbocycles. The van der Waals surface area contributed by atoms with Crippen LogP contribution in [0.2, 0.25) is 0 Å². The third kappa shape index (κ3) is 3.36. The number of hydrogen-bond acceptors (Lipinski definition) is 5. The predicted octanol–water partition coefficient (Wildman–Crippen LogP) is 0.296. The highest BCUT2D eigenvalue weighted by molar-refractivity contribution is 5.94. The average molecular weight is 307 g/mol. The Kier molecular flexibility index (Phi) is 5.32. The van der Waals surface area contributed by atoms with Gasteiger partial charge >= 0.3 is 0 Å². The normalized spacial score (nSPS) is 18.8. The van der Waals surface area contributed by atoms with Crippen molar-refractivity contribution in [3.05, 3.63) is 24.0 Å². The SMILES string of the molecule is COCCN1CC(=O)N(Cc2ncccc2OC)[C@@H](C)C1=O. The number of carbonyl (C=O) groups excluding carboxylic acids is 2. The van der Waals surface area contributed by atoms with Gasteiger partial charge in [-0.15, -0.1) is 0 Å². The maximum atomic E-state index is 12.4. The molecule has 2 amide bonds. The van der Waals surface area contributed by atoms with Crippen LogP contribution in [0.5, 0.6) is 5.75 Å². The van der Waals surface area contributed by atoms with Gasteiger partial charge in [-0.1, -0.05) is 0 Å². The third-order valence-electron chi connectivity index (χ3n) is 3.74. The van der Waals surface area contributed by atoms with Crippen molar-refractivity contribution >= 4 is 11.8 Å². The highest BCUT2D eigenvalue weighted by atomic mass is 16.5. The Morgan fingerprint density at radius 3 is 2.82 bits per heavy atom. The van der Waals surface area contributed by atoms with Crippen molar-refractivity contribution in [2.45, 2.75) is 19.5 Å². The van der Waals surface area contributed by atoms with Crippen LogP contribution in [0.25, 0.3) is 0 Å². The van der Waals surface area contributed by atoms with Crippen LogP contribution in [-0.2, 0) is 20.9 Å². The van der Waals surface area contributed by atoms with Crippen LogP contribution in [0.1, 0.15) is 12.6 Å². The van der Waals surface area contributed by atoms with E-state index in [4.69, 9.17) is 9.47 Å². The van der Waals surface area contributed by atoms with Gasteiger partial charge in [0.15, 0.2) is 0 Å². The van der Waals surface area contributed by atoms with Crippen LogP contribution in [0.4, 0.5) is 0 Å². The highest BCUT2D eigenvalue weighted by Crippen LogP contribution is 2.20. The Balaban J connectivity index is 2.12. The van der Waals surface area contributed by atoms with E-state index in [0.717, 1.165) is 0 Å². The number of piperazine rings is 1. The van der Waals surface area contributed by atoms with Crippen molar-refractivity contribution < 1.29 is 19.1 Å². The van der Waals surface area contributed by atoms with Crippen LogP contribution in [0.3, 0.4) is 0 Å². The molecule has 0 aromatic carbocycles. The van der Waals surface area contributed by atoms with Gasteiger partial charge in [0, 0.05) is 19.9 Å². The van der Waals surface area contributed by atoms with Crippen LogP contribution in [-0.4, -0.2) is 66.6 Å². The van der Waals surface area contributed by atoms with Gasteiger partial charge in [0.25, 0.3) is 0 Å². The molecule has 0 radical (unpaired) electrons. The lowest BCUT2D eigenvalue weighted by Gasteiger charge is -2.38. The van der Waals surface area contributed by atoms with Gasteiger partial charge in [0.05, 0.1) is 26.8 Å². The first-order valence-electron chi connectivity index (χ1n) is 7.13. The largest absolute Gasteiger partial charge is 0.495 e. The second-order valence-corrected chi connectivity index (χ2v) is 5.10. The second-order valence-electron chi connectivity index (χ2n) is 5.10. The fourth-order valence-electron chi connectivity index (χ4n) is 2.45. The number of methoxy groups -OCH3 is 2. The number of ether oxygens (including phenoxy) is 2. The van der Waals surface area contributed by atoms with Crippen molar-refractivity contribution in [1.29, 1.82) is 0 Å². The molecular weight excluding hydrogens is 286 g/mol. The molecule has 2 rings (SSSR count). The molecule has 1 atom stereocenters. The maximum absolute atomic E-state index is 12.4. The van der Waals surface area contributed by atoms with Gasteiger partial charge in [-0.25, -0.2) is 0 Å². The summed E-state index contributed by atoms with van der Waals surface area (Å²) in [7, 11) is 3.12. The van der Waals surface area contributed by atoms with Crippen LogP contribution < -0.4 is 4.74 Å². The molecule has 0 unspecified atom stereocenters. The van der Waals surface area contributed by atoms with E-state index >= 15 is 0 Å². The Morgan fingerprint density at radius 1 is 1.36 bits per heavy atom. The molecule has 0 spiro atoms. The molecule has 120 valence electrons. The van der Waals surface area contributed by atoms with Gasteiger partial charge < -0.3 is 19.3 Å². The molecule has 1 saturated heterocycles. The number of carbonyl (C=O) groups is 2. The molecule has 1 aliphatic heterocycles. The van der Waals surface area contributed by atoms with E-state index in [0.29, 0.717) is 24.6 Å². The number of rotatable bonds is 6. The minimum Gasteiger partial charge on any atom is -0.495 e. The monoisotopic (exact) mass is 307 g/mol. The molecule has 0 bridgehead atoms. The van der Waals surface area contributed by atoms with Crippen LogP contribution >= 0.6 is 0 Å². The quantitative estimate of drug-likeness (QED) is 0.755. The molecule has 2 heterocycles. The van der Waals surface area contributed by atoms with Gasteiger partial charge in [0.1, 0.15) is 17.5 Å². The summed E-state index contributed by atoms with van der Waals surface area (Å²) in [6.07, 6.45) is 1.64. The fraction of sp³-hybridized carbons (Fsp3) is 0.533. The van der Waals surface area contributed by atoms with E-state index in [2.05, 4.69) is 4.98 Å². The zero-order valence-corrected chi connectivity index (χ0v) is 13.1. The number of aromatic nitrogens is 1.